The number of hydrogen-bond acceptors (Lipinski definition) is 4. The molecule has 1 aliphatic heterocycles. The molecule has 1 N–H and O–H groups in total. The molecule has 5 heteroatoms. The molecule has 0 unspecified atom stereocenters. The van der Waals surface area contributed by atoms with E-state index in [4.69, 9.17) is 0 Å². The van der Waals surface area contributed by atoms with Crippen molar-refractivity contribution in [3.63, 3.8) is 0 Å². The van der Waals surface area contributed by atoms with Crippen LogP contribution in [0.2, 0.25) is 0 Å². The van der Waals surface area contributed by atoms with Gasteiger partial charge in [0.1, 0.15) is 0 Å². The molecule has 1 aromatic rings. The van der Waals surface area contributed by atoms with E-state index < -0.39 is 6.10 Å². The topological polar surface area (TPSA) is 66.8 Å². The second-order valence-corrected chi connectivity index (χ2v) is 9.02. The highest BCUT2D eigenvalue weighted by atomic mass is 16.5. The number of hydrogen-bond donors (Lipinski definition) is 1. The molecule has 3 atom stereocenters. The summed E-state index contributed by atoms with van der Waals surface area (Å²) in [5.41, 5.74) is 1.37. The van der Waals surface area contributed by atoms with E-state index in [0.717, 1.165) is 64.3 Å². The molecule has 2 rings (SSSR count). The minimum Gasteiger partial charge on any atom is -0.469 e. The number of methoxy groups -OCH3 is 1. The summed E-state index contributed by atoms with van der Waals surface area (Å²) in [6.07, 6.45) is 13.4. The summed E-state index contributed by atoms with van der Waals surface area (Å²) in [7, 11) is 1.42. The van der Waals surface area contributed by atoms with Gasteiger partial charge in [0.05, 0.1) is 19.3 Å². The molecule has 0 saturated carbocycles. The lowest BCUT2D eigenvalue weighted by molar-refractivity contribution is -0.140. The molecule has 0 spiro atoms. The Bertz CT molecular complexity index is 703. The minimum atomic E-state index is -0.470. The van der Waals surface area contributed by atoms with Gasteiger partial charge in [-0.1, -0.05) is 68.7 Å². The van der Waals surface area contributed by atoms with E-state index in [9.17, 15) is 14.7 Å². The summed E-state index contributed by atoms with van der Waals surface area (Å²) in [5.74, 6) is 0.258. The van der Waals surface area contributed by atoms with Crippen LogP contribution in [-0.2, 0) is 20.7 Å². The van der Waals surface area contributed by atoms with Gasteiger partial charge in [0.25, 0.3) is 0 Å². The van der Waals surface area contributed by atoms with Gasteiger partial charge >= 0.3 is 5.97 Å². The number of nitrogens with zero attached hydrogens (tertiary/aromatic N) is 1. The van der Waals surface area contributed by atoms with Gasteiger partial charge in [-0.3, -0.25) is 9.59 Å². The van der Waals surface area contributed by atoms with Crippen molar-refractivity contribution < 1.29 is 19.4 Å². The van der Waals surface area contributed by atoms with Crippen LogP contribution in [0, 0.1) is 5.92 Å². The monoisotopic (exact) mass is 443 g/mol. The number of benzene rings is 1. The minimum absolute atomic E-state index is 0.0949. The summed E-state index contributed by atoms with van der Waals surface area (Å²) >= 11 is 0. The van der Waals surface area contributed by atoms with E-state index in [-0.39, 0.29) is 23.8 Å². The lowest BCUT2D eigenvalue weighted by atomic mass is 9.95. The highest BCUT2D eigenvalue weighted by Crippen LogP contribution is 2.22. The van der Waals surface area contributed by atoms with E-state index in [1.54, 1.807) is 0 Å². The van der Waals surface area contributed by atoms with Gasteiger partial charge in [0.15, 0.2) is 0 Å². The molecule has 0 radical (unpaired) electrons. The highest BCUT2D eigenvalue weighted by Gasteiger charge is 2.28. The number of esters is 1. The summed E-state index contributed by atoms with van der Waals surface area (Å²) in [4.78, 5) is 25.4. The Balaban J connectivity index is 1.65. The Morgan fingerprint density at radius 3 is 2.66 bits per heavy atom. The van der Waals surface area contributed by atoms with Crippen LogP contribution in [-0.4, -0.2) is 47.7 Å². The fraction of sp³-hybridized carbons (Fsp3) is 0.630. The third kappa shape index (κ3) is 9.56. The number of unbranched alkanes of at least 4 members (excludes halogenated alkanes) is 4. The molecule has 1 amide bonds. The maximum absolute atomic E-state index is 12.3. The van der Waals surface area contributed by atoms with Crippen LogP contribution in [0.4, 0.5) is 0 Å². The number of aryl methyl sites for hydroxylation is 1. The molecular formula is C27H41NO4. The number of carbonyl (C=O) groups is 2. The summed E-state index contributed by atoms with van der Waals surface area (Å²) in [6, 6.07) is 10.6. The first-order valence-corrected chi connectivity index (χ1v) is 12.3. The second kappa shape index (κ2) is 14.8. The Kier molecular flexibility index (Phi) is 12.1. The molecule has 0 aliphatic carbocycles. The van der Waals surface area contributed by atoms with Crippen LogP contribution >= 0.6 is 0 Å². The van der Waals surface area contributed by atoms with E-state index in [0.29, 0.717) is 12.8 Å². The van der Waals surface area contributed by atoms with Crippen molar-refractivity contribution in [2.75, 3.05) is 13.7 Å². The van der Waals surface area contributed by atoms with Gasteiger partial charge in [-0.2, -0.15) is 0 Å². The van der Waals surface area contributed by atoms with E-state index in [1.807, 2.05) is 23.1 Å². The van der Waals surface area contributed by atoms with Gasteiger partial charge in [0, 0.05) is 19.4 Å². The Hall–Kier alpha value is -2.14. The molecule has 5 nitrogen and oxygen atoms in total. The van der Waals surface area contributed by atoms with Crippen LogP contribution in [0.25, 0.3) is 0 Å². The molecule has 1 heterocycles. The number of rotatable bonds is 15. The SMILES string of the molecule is COC(=O)CCCCCCN1C(=O)CC[C@@H]1/C=C/[C@@H](O)[C@H](C)CCCCc1ccccc1. The standard InChI is InChI=1S/C27H41NO4/c1-22(12-9-10-15-23-13-6-5-7-14-23)25(29)19-17-24-18-20-26(30)28(24)21-11-4-3-8-16-27(31)32-2/h5-7,13-14,17,19,22,24-25,29H,3-4,8-12,15-16,18,20-21H2,1-2H3/b19-17+/t22-,24+,25-/m1/s1. The first kappa shape index (κ1) is 26.1. The van der Waals surface area contributed by atoms with Crippen molar-refractivity contribution in [3.05, 3.63) is 48.0 Å². The summed E-state index contributed by atoms with van der Waals surface area (Å²) in [6.45, 7) is 2.85. The largest absolute Gasteiger partial charge is 0.469 e. The number of aliphatic hydroxyl groups excluding tert-OH is 1. The molecule has 1 aromatic carbocycles. The average Bonchev–Trinajstić information content (AvgIpc) is 3.16. The quantitative estimate of drug-likeness (QED) is 0.234. The van der Waals surface area contributed by atoms with E-state index in [2.05, 4.69) is 35.9 Å². The smallest absolute Gasteiger partial charge is 0.305 e. The lowest BCUT2D eigenvalue weighted by Crippen LogP contribution is -2.33. The van der Waals surface area contributed by atoms with Crippen molar-refractivity contribution >= 4 is 11.9 Å². The third-order valence-electron chi connectivity index (χ3n) is 6.46. The second-order valence-electron chi connectivity index (χ2n) is 9.02. The van der Waals surface area contributed by atoms with Crippen LogP contribution < -0.4 is 0 Å². The fourth-order valence-corrected chi connectivity index (χ4v) is 4.30. The van der Waals surface area contributed by atoms with Gasteiger partial charge in [-0.05, 0) is 50.0 Å². The summed E-state index contributed by atoms with van der Waals surface area (Å²) in [5, 5.41) is 10.6. The lowest BCUT2D eigenvalue weighted by Gasteiger charge is -2.23. The number of amides is 1. The molecule has 0 bridgehead atoms. The van der Waals surface area contributed by atoms with Gasteiger partial charge in [-0.25, -0.2) is 0 Å². The van der Waals surface area contributed by atoms with E-state index in [1.165, 1.54) is 12.7 Å². The van der Waals surface area contributed by atoms with Gasteiger partial charge in [-0.15, -0.1) is 0 Å². The first-order chi connectivity index (χ1) is 15.5. The highest BCUT2D eigenvalue weighted by molar-refractivity contribution is 5.79. The molecular weight excluding hydrogens is 402 g/mol. The van der Waals surface area contributed by atoms with Crippen molar-refractivity contribution in [3.8, 4) is 0 Å². The Morgan fingerprint density at radius 2 is 1.91 bits per heavy atom. The normalized spacial score (nSPS) is 18.3. The molecule has 0 aromatic heterocycles. The van der Waals surface area contributed by atoms with Crippen molar-refractivity contribution in [1.82, 2.24) is 4.90 Å². The van der Waals surface area contributed by atoms with Crippen LogP contribution in [0.15, 0.2) is 42.5 Å². The van der Waals surface area contributed by atoms with Gasteiger partial charge < -0.3 is 14.7 Å². The Morgan fingerprint density at radius 1 is 1.16 bits per heavy atom. The van der Waals surface area contributed by atoms with Gasteiger partial charge in [0.2, 0.25) is 5.91 Å². The number of ether oxygens (including phenoxy) is 1. The maximum atomic E-state index is 12.3. The zero-order valence-corrected chi connectivity index (χ0v) is 19.9. The molecule has 1 saturated heterocycles. The number of carbonyl (C=O) groups excluding carboxylic acids is 2. The predicted octanol–water partition coefficient (Wildman–Crippen LogP) is 5.07. The first-order valence-electron chi connectivity index (χ1n) is 12.3. The molecule has 1 aliphatic rings. The van der Waals surface area contributed by atoms with Crippen molar-refractivity contribution in [2.24, 2.45) is 5.92 Å². The average molecular weight is 444 g/mol. The molecule has 1 fully saturated rings. The summed E-state index contributed by atoms with van der Waals surface area (Å²) < 4.78 is 4.65. The van der Waals surface area contributed by atoms with Crippen LogP contribution in [0.1, 0.15) is 76.7 Å². The van der Waals surface area contributed by atoms with E-state index >= 15 is 0 Å². The zero-order chi connectivity index (χ0) is 23.2. The van der Waals surface area contributed by atoms with Crippen LogP contribution in [0.5, 0.6) is 0 Å². The number of likely N-dealkylation sites (tertiary alicyclic amines) is 1. The zero-order valence-electron chi connectivity index (χ0n) is 19.9. The van der Waals surface area contributed by atoms with Crippen molar-refractivity contribution in [2.45, 2.75) is 89.7 Å². The fourth-order valence-electron chi connectivity index (χ4n) is 4.30. The predicted molar refractivity (Wildman–Crippen MR) is 128 cm³/mol. The van der Waals surface area contributed by atoms with Crippen LogP contribution in [0.3, 0.4) is 0 Å². The Labute approximate surface area is 193 Å². The third-order valence-corrected chi connectivity index (χ3v) is 6.46. The van der Waals surface area contributed by atoms with Crippen molar-refractivity contribution in [1.29, 1.82) is 0 Å². The maximum Gasteiger partial charge on any atom is 0.305 e. The number of aliphatic hydroxyl groups is 1. The molecule has 178 valence electrons. The molecule has 32 heavy (non-hydrogen) atoms.